The molecule has 90 heavy (non-hydrogen) atoms. The van der Waals surface area contributed by atoms with E-state index in [4.69, 9.17) is 43.7 Å². The number of furan rings is 2. The van der Waals surface area contributed by atoms with Gasteiger partial charge in [0.25, 0.3) is 0 Å². The molecular formula is C80H44N8O2. The Morgan fingerprint density at radius 3 is 1.43 bits per heavy atom. The second-order valence-electron chi connectivity index (χ2n) is 23.0. The van der Waals surface area contributed by atoms with Crippen LogP contribution >= 0.6 is 0 Å². The molecule has 0 unspecified atom stereocenters. The molecule has 0 spiro atoms. The van der Waals surface area contributed by atoms with Crippen molar-refractivity contribution in [1.82, 2.24) is 39.9 Å². The van der Waals surface area contributed by atoms with Crippen LogP contribution in [-0.2, 0) is 0 Å². The van der Waals surface area contributed by atoms with E-state index in [9.17, 15) is 0 Å². The van der Waals surface area contributed by atoms with Gasteiger partial charge in [0, 0.05) is 62.1 Å². The molecule has 19 aromatic rings. The van der Waals surface area contributed by atoms with E-state index in [0.717, 1.165) is 120 Å². The van der Waals surface area contributed by atoms with Crippen molar-refractivity contribution in [1.29, 1.82) is 0 Å². The highest BCUT2D eigenvalue weighted by Crippen LogP contribution is 2.46. The molecule has 6 heterocycles. The van der Waals surface area contributed by atoms with Crippen molar-refractivity contribution >= 4 is 120 Å². The normalized spacial score (nSPS) is 12.0. The summed E-state index contributed by atoms with van der Waals surface area (Å²) in [5, 5.41) is 19.4. The molecular weight excluding hydrogens is 1100 g/mol. The summed E-state index contributed by atoms with van der Waals surface area (Å²) < 4.78 is 13.3. The average molecular weight is 1150 g/mol. The van der Waals surface area contributed by atoms with Gasteiger partial charge in [-0.2, -0.15) is 0 Å². The van der Waals surface area contributed by atoms with Crippen LogP contribution in [-0.4, -0.2) is 39.9 Å². The molecule has 0 aliphatic carbocycles. The SMILES string of the molecule is c1ccc(-c2nc(-c3ccc4cc(-c5cccc6c5oc5nccc(-c7nc(-c8ccc9ccccc9c8)nc(-c8ccc9c(ccc%10c%11ccccc%11ccc9%10)c8)n7)c56)c5ccc6ccccc6c5c4c3)nc(-c3ccnc4oc5ccccc5c34)n2)cc1. The molecule has 0 saturated carbocycles. The van der Waals surface area contributed by atoms with Gasteiger partial charge in [0.2, 0.25) is 11.4 Å². The fraction of sp³-hybridized carbons (Fsp3) is 0. The first-order chi connectivity index (χ1) is 44.6. The third-order valence-corrected chi connectivity index (χ3v) is 17.9. The molecule has 19 rings (SSSR count). The first-order valence-corrected chi connectivity index (χ1v) is 29.9. The number of fused-ring (bicyclic) bond motifs is 17. The minimum atomic E-state index is 0.481. The van der Waals surface area contributed by atoms with E-state index in [-0.39, 0.29) is 0 Å². The maximum absolute atomic E-state index is 7.04. The van der Waals surface area contributed by atoms with Crippen molar-refractivity contribution in [3.63, 3.8) is 0 Å². The molecule has 6 aromatic heterocycles. The third-order valence-electron chi connectivity index (χ3n) is 17.9. The summed E-state index contributed by atoms with van der Waals surface area (Å²) in [5.74, 6) is 3.26. The van der Waals surface area contributed by atoms with Crippen molar-refractivity contribution in [3.8, 4) is 79.5 Å². The second kappa shape index (κ2) is 19.6. The Morgan fingerprint density at radius 1 is 0.222 bits per heavy atom. The molecule has 0 atom stereocenters. The number of rotatable bonds is 7. The first kappa shape index (κ1) is 49.8. The topological polar surface area (TPSA) is 129 Å². The standard InChI is InChI=1S/C80H44N8O2/c1-2-16-48(17-3-1)73-83-76(88-77(85-73)64-37-39-81-79-70(64)62-21-10-11-24-68(62)89-79)54-28-26-51-43-67(60-36-30-47-15-7-9-20-57(47)69(60)66(51)44-54)61-22-12-23-63-71-65(38-40-82-80(71)90-72(61)63)78-86-74(52-27-25-45-13-4-5-18-49(45)41-52)84-75(87-78)53-32-33-56-50(42-53)31-35-58-55-19-8-6-14-46(55)29-34-59(56)58/h1-44H. The number of hydrogen-bond acceptors (Lipinski definition) is 10. The van der Waals surface area contributed by atoms with Crippen LogP contribution in [0, 0.1) is 0 Å². The van der Waals surface area contributed by atoms with E-state index in [1.54, 1.807) is 12.4 Å². The van der Waals surface area contributed by atoms with E-state index >= 15 is 0 Å². The molecule has 0 N–H and O–H groups in total. The predicted octanol–water partition coefficient (Wildman–Crippen LogP) is 20.4. The van der Waals surface area contributed by atoms with Gasteiger partial charge < -0.3 is 8.83 Å². The van der Waals surface area contributed by atoms with Gasteiger partial charge in [-0.1, -0.05) is 212 Å². The average Bonchev–Trinajstić information content (AvgIpc) is 1.44. The van der Waals surface area contributed by atoms with Crippen LogP contribution in [0.2, 0.25) is 0 Å². The summed E-state index contributed by atoms with van der Waals surface area (Å²) in [6, 6.07) is 88.9. The van der Waals surface area contributed by atoms with Crippen LogP contribution in [0.15, 0.2) is 276 Å². The fourth-order valence-electron chi connectivity index (χ4n) is 13.6. The van der Waals surface area contributed by atoms with Crippen molar-refractivity contribution < 1.29 is 8.83 Å². The summed E-state index contributed by atoms with van der Waals surface area (Å²) in [7, 11) is 0. The number of para-hydroxylation sites is 2. The Bertz CT molecular complexity index is 6260. The molecule has 416 valence electrons. The lowest BCUT2D eigenvalue weighted by Gasteiger charge is -2.15. The highest BCUT2D eigenvalue weighted by Gasteiger charge is 2.24. The van der Waals surface area contributed by atoms with Crippen molar-refractivity contribution in [2.75, 3.05) is 0 Å². The van der Waals surface area contributed by atoms with Gasteiger partial charge in [-0.3, -0.25) is 0 Å². The summed E-state index contributed by atoms with van der Waals surface area (Å²) in [4.78, 5) is 41.2. The Labute approximate surface area is 512 Å². The van der Waals surface area contributed by atoms with Gasteiger partial charge in [-0.05, 0) is 123 Å². The molecule has 0 amide bonds. The van der Waals surface area contributed by atoms with Crippen LogP contribution in [0.5, 0.6) is 0 Å². The van der Waals surface area contributed by atoms with E-state index in [1.807, 2.05) is 66.7 Å². The van der Waals surface area contributed by atoms with E-state index in [1.165, 1.54) is 26.9 Å². The van der Waals surface area contributed by atoms with Crippen LogP contribution < -0.4 is 0 Å². The van der Waals surface area contributed by atoms with Crippen LogP contribution in [0.4, 0.5) is 0 Å². The molecule has 0 radical (unpaired) electrons. The van der Waals surface area contributed by atoms with Crippen LogP contribution in [0.25, 0.3) is 199 Å². The van der Waals surface area contributed by atoms with Crippen LogP contribution in [0.1, 0.15) is 0 Å². The second-order valence-corrected chi connectivity index (χ2v) is 23.0. The number of nitrogens with zero attached hydrogens (tertiary/aromatic N) is 8. The highest BCUT2D eigenvalue weighted by molar-refractivity contribution is 6.26. The lowest BCUT2D eigenvalue weighted by atomic mass is 9.89. The monoisotopic (exact) mass is 1150 g/mol. The number of pyridine rings is 2. The molecule has 10 heteroatoms. The maximum atomic E-state index is 7.04. The molecule has 0 aliphatic heterocycles. The number of aromatic nitrogens is 8. The highest BCUT2D eigenvalue weighted by atomic mass is 16.3. The Balaban J connectivity index is 0.783. The number of benzene rings is 13. The third kappa shape index (κ3) is 7.84. The zero-order valence-corrected chi connectivity index (χ0v) is 47.8. The quantitative estimate of drug-likeness (QED) is 0.142. The predicted molar refractivity (Wildman–Crippen MR) is 364 cm³/mol. The van der Waals surface area contributed by atoms with E-state index in [2.05, 4.69) is 193 Å². The fourth-order valence-corrected chi connectivity index (χ4v) is 13.6. The lowest BCUT2D eigenvalue weighted by molar-refractivity contribution is 0.654. The summed E-state index contributed by atoms with van der Waals surface area (Å²) >= 11 is 0. The summed E-state index contributed by atoms with van der Waals surface area (Å²) in [6.45, 7) is 0. The van der Waals surface area contributed by atoms with Crippen molar-refractivity contribution in [2.45, 2.75) is 0 Å². The van der Waals surface area contributed by atoms with Crippen molar-refractivity contribution in [3.05, 3.63) is 267 Å². The summed E-state index contributed by atoms with van der Waals surface area (Å²) in [6.07, 6.45) is 3.54. The lowest BCUT2D eigenvalue weighted by Crippen LogP contribution is -2.01. The van der Waals surface area contributed by atoms with Gasteiger partial charge in [-0.15, -0.1) is 0 Å². The molecule has 10 nitrogen and oxygen atoms in total. The van der Waals surface area contributed by atoms with Gasteiger partial charge in [0.05, 0.1) is 10.8 Å². The molecule has 13 aromatic carbocycles. The molecule has 0 saturated heterocycles. The van der Waals surface area contributed by atoms with Gasteiger partial charge in [0.1, 0.15) is 11.2 Å². The first-order valence-electron chi connectivity index (χ1n) is 29.9. The molecule has 0 aliphatic rings. The minimum absolute atomic E-state index is 0.481. The Kier molecular flexibility index (Phi) is 10.8. The maximum Gasteiger partial charge on any atom is 0.228 e. The molecule has 0 fully saturated rings. The largest absolute Gasteiger partial charge is 0.438 e. The Hall–Kier alpha value is -12.4. The van der Waals surface area contributed by atoms with Gasteiger partial charge in [0.15, 0.2) is 34.9 Å². The zero-order chi connectivity index (χ0) is 59.0. The Morgan fingerprint density at radius 2 is 0.700 bits per heavy atom. The van der Waals surface area contributed by atoms with E-state index < -0.39 is 0 Å². The van der Waals surface area contributed by atoms with E-state index in [0.29, 0.717) is 52.0 Å². The van der Waals surface area contributed by atoms with Gasteiger partial charge in [-0.25, -0.2) is 39.9 Å². The van der Waals surface area contributed by atoms with Crippen molar-refractivity contribution in [2.24, 2.45) is 0 Å². The zero-order valence-electron chi connectivity index (χ0n) is 47.8. The minimum Gasteiger partial charge on any atom is -0.438 e. The van der Waals surface area contributed by atoms with Gasteiger partial charge >= 0.3 is 0 Å². The number of hydrogen-bond donors (Lipinski definition) is 0. The smallest absolute Gasteiger partial charge is 0.228 e. The molecule has 0 bridgehead atoms. The van der Waals surface area contributed by atoms with Crippen LogP contribution in [0.3, 0.4) is 0 Å². The summed E-state index contributed by atoms with van der Waals surface area (Å²) in [5.41, 5.74) is 9.48.